The van der Waals surface area contributed by atoms with Gasteiger partial charge < -0.3 is 15.2 Å². The molecule has 0 bridgehead atoms. The molecule has 2 aliphatic rings. The van der Waals surface area contributed by atoms with Gasteiger partial charge in [0.05, 0.1) is 0 Å². The quantitative estimate of drug-likeness (QED) is 0.691. The molecule has 0 spiro atoms. The summed E-state index contributed by atoms with van der Waals surface area (Å²) in [6.07, 6.45) is 11.8. The fourth-order valence-corrected chi connectivity index (χ4v) is 5.35. The smallest absolute Gasteiger partial charge is 0.256 e. The average Bonchev–Trinajstić information content (AvgIpc) is 3.52. The third-order valence-electron chi connectivity index (χ3n) is 7.15. The lowest BCUT2D eigenvalue weighted by Crippen LogP contribution is -2.41. The summed E-state index contributed by atoms with van der Waals surface area (Å²) in [6, 6.07) is 10.5. The molecule has 0 atom stereocenters. The van der Waals surface area contributed by atoms with Gasteiger partial charge in [-0.1, -0.05) is 56.0 Å². The molecule has 4 rings (SSSR count). The van der Waals surface area contributed by atoms with Gasteiger partial charge in [0.2, 0.25) is 5.43 Å². The fraction of sp³-hybridized carbons (Fsp3) is 0.500. The van der Waals surface area contributed by atoms with Crippen LogP contribution >= 0.6 is 0 Å². The van der Waals surface area contributed by atoms with Crippen molar-refractivity contribution in [2.24, 2.45) is 0 Å². The minimum Gasteiger partial charge on any atom is -0.352 e. The first-order chi connectivity index (χ1) is 15.5. The monoisotopic (exact) mass is 435 g/mol. The average molecular weight is 436 g/mol. The van der Waals surface area contributed by atoms with Crippen LogP contribution in [-0.2, 0) is 5.41 Å². The van der Waals surface area contributed by atoms with Crippen molar-refractivity contribution in [1.82, 2.24) is 15.2 Å². The molecule has 2 aliphatic carbocycles. The molecule has 1 heterocycles. The highest BCUT2D eigenvalue weighted by Gasteiger charge is 2.36. The van der Waals surface area contributed by atoms with Crippen molar-refractivity contribution < 1.29 is 9.59 Å². The zero-order chi connectivity index (χ0) is 22.6. The summed E-state index contributed by atoms with van der Waals surface area (Å²) >= 11 is 0. The third-order valence-corrected chi connectivity index (χ3v) is 7.15. The van der Waals surface area contributed by atoms with E-state index in [4.69, 9.17) is 0 Å². The fourth-order valence-electron chi connectivity index (χ4n) is 5.35. The molecule has 170 valence electrons. The van der Waals surface area contributed by atoms with Crippen LogP contribution in [-0.4, -0.2) is 29.5 Å². The van der Waals surface area contributed by atoms with E-state index in [2.05, 4.69) is 22.8 Å². The zero-order valence-corrected chi connectivity index (χ0v) is 18.9. The van der Waals surface area contributed by atoms with Gasteiger partial charge in [0.25, 0.3) is 11.8 Å². The molecule has 0 aliphatic heterocycles. The van der Waals surface area contributed by atoms with Crippen LogP contribution in [0.3, 0.4) is 0 Å². The van der Waals surface area contributed by atoms with E-state index in [1.165, 1.54) is 5.56 Å². The van der Waals surface area contributed by atoms with Gasteiger partial charge in [0.15, 0.2) is 0 Å². The van der Waals surface area contributed by atoms with Crippen LogP contribution in [0.25, 0.3) is 0 Å². The van der Waals surface area contributed by atoms with E-state index >= 15 is 0 Å². The SMILES string of the molecule is CCNC(=O)c1cn(C2CCCC2)cc(C(=O)NCC2(c3ccccc3)CCCC2)c1=O. The van der Waals surface area contributed by atoms with E-state index in [0.29, 0.717) is 13.1 Å². The van der Waals surface area contributed by atoms with Crippen LogP contribution in [0.5, 0.6) is 0 Å². The van der Waals surface area contributed by atoms with Crippen molar-refractivity contribution in [3.8, 4) is 0 Å². The van der Waals surface area contributed by atoms with Gasteiger partial charge in [0, 0.05) is 36.9 Å². The van der Waals surface area contributed by atoms with Crippen molar-refractivity contribution >= 4 is 11.8 Å². The van der Waals surface area contributed by atoms with Gasteiger partial charge in [0.1, 0.15) is 11.1 Å². The molecule has 2 fully saturated rings. The predicted octanol–water partition coefficient (Wildman–Crippen LogP) is 3.95. The number of nitrogens with zero attached hydrogens (tertiary/aromatic N) is 1. The lowest BCUT2D eigenvalue weighted by atomic mass is 9.79. The Kier molecular flexibility index (Phi) is 6.77. The van der Waals surface area contributed by atoms with Gasteiger partial charge in [-0.05, 0) is 38.2 Å². The van der Waals surface area contributed by atoms with E-state index in [1.807, 2.05) is 29.7 Å². The number of pyridine rings is 1. The number of nitrogens with one attached hydrogen (secondary N) is 2. The molecule has 32 heavy (non-hydrogen) atoms. The number of hydrogen-bond acceptors (Lipinski definition) is 3. The number of rotatable bonds is 7. The first kappa shape index (κ1) is 22.3. The Morgan fingerprint density at radius 3 is 2.12 bits per heavy atom. The molecule has 1 aromatic heterocycles. The molecule has 2 amide bonds. The lowest BCUT2D eigenvalue weighted by molar-refractivity contribution is 0.0941. The molecular weight excluding hydrogens is 402 g/mol. The number of aromatic nitrogens is 1. The third kappa shape index (κ3) is 4.50. The van der Waals surface area contributed by atoms with E-state index in [-0.39, 0.29) is 22.6 Å². The van der Waals surface area contributed by atoms with Crippen molar-refractivity contribution in [1.29, 1.82) is 0 Å². The highest BCUT2D eigenvalue weighted by molar-refractivity contribution is 5.99. The maximum absolute atomic E-state index is 13.2. The minimum atomic E-state index is -0.497. The number of carbonyl (C=O) groups excluding carboxylic acids is 2. The highest BCUT2D eigenvalue weighted by atomic mass is 16.2. The number of carbonyl (C=O) groups is 2. The number of amides is 2. The Hall–Kier alpha value is -2.89. The Morgan fingerprint density at radius 1 is 0.938 bits per heavy atom. The zero-order valence-electron chi connectivity index (χ0n) is 18.9. The largest absolute Gasteiger partial charge is 0.352 e. The molecule has 6 heteroatoms. The molecule has 6 nitrogen and oxygen atoms in total. The second kappa shape index (κ2) is 9.72. The summed E-state index contributed by atoms with van der Waals surface area (Å²) in [4.78, 5) is 38.9. The van der Waals surface area contributed by atoms with Crippen LogP contribution < -0.4 is 16.1 Å². The lowest BCUT2D eigenvalue weighted by Gasteiger charge is -2.30. The highest BCUT2D eigenvalue weighted by Crippen LogP contribution is 2.40. The summed E-state index contributed by atoms with van der Waals surface area (Å²) in [5, 5.41) is 5.76. The van der Waals surface area contributed by atoms with E-state index in [1.54, 1.807) is 12.4 Å². The Morgan fingerprint density at radius 2 is 1.53 bits per heavy atom. The van der Waals surface area contributed by atoms with Crippen LogP contribution in [0.1, 0.15) is 90.6 Å². The van der Waals surface area contributed by atoms with Gasteiger partial charge >= 0.3 is 0 Å². The standard InChI is InChI=1S/C26H33N3O3/c1-2-27-24(31)21-16-29(20-12-6-7-13-20)17-22(23(21)30)25(32)28-18-26(14-8-9-15-26)19-10-4-3-5-11-19/h3-5,10-11,16-17,20H,2,6-9,12-15,18H2,1H3,(H,27,31)(H,28,32). The van der Waals surface area contributed by atoms with E-state index in [9.17, 15) is 14.4 Å². The van der Waals surface area contributed by atoms with Gasteiger partial charge in [-0.3, -0.25) is 14.4 Å². The van der Waals surface area contributed by atoms with Crippen molar-refractivity contribution in [3.63, 3.8) is 0 Å². The summed E-state index contributed by atoms with van der Waals surface area (Å²) < 4.78 is 1.91. The molecule has 2 N–H and O–H groups in total. The maximum Gasteiger partial charge on any atom is 0.256 e. The molecule has 2 saturated carbocycles. The number of benzene rings is 1. The molecule has 0 unspecified atom stereocenters. The molecular formula is C26H33N3O3. The van der Waals surface area contributed by atoms with Crippen LogP contribution in [0, 0.1) is 0 Å². The topological polar surface area (TPSA) is 80.2 Å². The minimum absolute atomic E-state index is 0.0463. The Balaban J connectivity index is 1.62. The van der Waals surface area contributed by atoms with Gasteiger partial charge in [-0.25, -0.2) is 0 Å². The first-order valence-corrected chi connectivity index (χ1v) is 11.9. The number of hydrogen-bond donors (Lipinski definition) is 2. The summed E-state index contributed by atoms with van der Waals surface area (Å²) in [5.41, 5.74) is 0.741. The van der Waals surface area contributed by atoms with Crippen LogP contribution in [0.15, 0.2) is 47.5 Å². The predicted molar refractivity (Wildman–Crippen MR) is 125 cm³/mol. The Labute approximate surface area is 189 Å². The Bertz CT molecular complexity index is 1020. The second-order valence-corrected chi connectivity index (χ2v) is 9.20. The second-order valence-electron chi connectivity index (χ2n) is 9.20. The summed E-state index contributed by atoms with van der Waals surface area (Å²) in [5.74, 6) is -0.814. The van der Waals surface area contributed by atoms with Crippen molar-refractivity contribution in [2.45, 2.75) is 69.7 Å². The normalized spacial score (nSPS) is 17.9. The molecule has 0 saturated heterocycles. The van der Waals surface area contributed by atoms with Crippen LogP contribution in [0.4, 0.5) is 0 Å². The van der Waals surface area contributed by atoms with Crippen LogP contribution in [0.2, 0.25) is 0 Å². The molecule has 0 radical (unpaired) electrons. The van der Waals surface area contributed by atoms with Crippen molar-refractivity contribution in [3.05, 3.63) is 69.6 Å². The van der Waals surface area contributed by atoms with Crippen molar-refractivity contribution in [2.75, 3.05) is 13.1 Å². The van der Waals surface area contributed by atoms with E-state index < -0.39 is 17.2 Å². The molecule has 2 aromatic rings. The first-order valence-electron chi connectivity index (χ1n) is 11.9. The maximum atomic E-state index is 13.2. The summed E-state index contributed by atoms with van der Waals surface area (Å²) in [6.45, 7) is 2.73. The van der Waals surface area contributed by atoms with Gasteiger partial charge in [-0.2, -0.15) is 0 Å². The van der Waals surface area contributed by atoms with Gasteiger partial charge in [-0.15, -0.1) is 0 Å². The van der Waals surface area contributed by atoms with E-state index in [0.717, 1.165) is 51.4 Å². The molecule has 1 aromatic carbocycles. The summed E-state index contributed by atoms with van der Waals surface area (Å²) in [7, 11) is 0.